The lowest BCUT2D eigenvalue weighted by Crippen LogP contribution is -2.56. The minimum absolute atomic E-state index is 0.00756. The van der Waals surface area contributed by atoms with Gasteiger partial charge in [-0.15, -0.1) is 0 Å². The SMILES string of the molecule is O=C(O)CN(CC(=O)O)C1CCCC[C@@H]1N(CC(=O)O)Cc1ccc(C(=O)O)cn1. The van der Waals surface area contributed by atoms with E-state index in [1.807, 2.05) is 0 Å². The van der Waals surface area contributed by atoms with Crippen molar-refractivity contribution in [3.8, 4) is 0 Å². The topological polar surface area (TPSA) is 169 Å². The average molecular weight is 423 g/mol. The van der Waals surface area contributed by atoms with Gasteiger partial charge in [-0.25, -0.2) is 4.79 Å². The molecule has 0 radical (unpaired) electrons. The molecule has 0 saturated heterocycles. The number of carboxylic acids is 4. The van der Waals surface area contributed by atoms with E-state index in [-0.39, 0.29) is 24.7 Å². The van der Waals surface area contributed by atoms with Gasteiger partial charge in [0, 0.05) is 24.8 Å². The maximum Gasteiger partial charge on any atom is 0.337 e. The van der Waals surface area contributed by atoms with E-state index in [2.05, 4.69) is 4.98 Å². The zero-order valence-corrected chi connectivity index (χ0v) is 16.3. The summed E-state index contributed by atoms with van der Waals surface area (Å²) in [6.07, 6.45) is 3.91. The highest BCUT2D eigenvalue weighted by Crippen LogP contribution is 2.28. The molecule has 2 atom stereocenters. The van der Waals surface area contributed by atoms with Crippen LogP contribution in [0.25, 0.3) is 0 Å². The molecule has 1 aliphatic carbocycles. The molecule has 1 saturated carbocycles. The smallest absolute Gasteiger partial charge is 0.337 e. The third-order valence-corrected chi connectivity index (χ3v) is 5.08. The first-order chi connectivity index (χ1) is 14.2. The number of aromatic nitrogens is 1. The van der Waals surface area contributed by atoms with Gasteiger partial charge in [0.1, 0.15) is 0 Å². The average Bonchev–Trinajstić information content (AvgIpc) is 2.66. The molecule has 4 N–H and O–H groups in total. The number of rotatable bonds is 11. The molecular formula is C19H25N3O8. The highest BCUT2D eigenvalue weighted by Gasteiger charge is 2.36. The molecular weight excluding hydrogens is 398 g/mol. The van der Waals surface area contributed by atoms with Crippen molar-refractivity contribution in [2.75, 3.05) is 19.6 Å². The normalized spacial score (nSPS) is 19.0. The lowest BCUT2D eigenvalue weighted by molar-refractivity contribution is -0.146. The van der Waals surface area contributed by atoms with E-state index < -0.39 is 43.0 Å². The van der Waals surface area contributed by atoms with E-state index in [9.17, 15) is 34.5 Å². The molecule has 1 fully saturated rings. The van der Waals surface area contributed by atoms with Gasteiger partial charge in [0.05, 0.1) is 30.9 Å². The molecule has 1 heterocycles. The lowest BCUT2D eigenvalue weighted by atomic mass is 9.87. The molecule has 2 rings (SSSR count). The molecule has 0 aliphatic heterocycles. The maximum absolute atomic E-state index is 11.5. The van der Waals surface area contributed by atoms with Gasteiger partial charge in [0.2, 0.25) is 0 Å². The molecule has 11 nitrogen and oxygen atoms in total. The molecule has 0 bridgehead atoms. The Hall–Kier alpha value is -3.05. The van der Waals surface area contributed by atoms with Crippen molar-refractivity contribution in [3.63, 3.8) is 0 Å². The quantitative estimate of drug-likeness (QED) is 0.390. The number of aliphatic carboxylic acids is 3. The molecule has 1 aromatic rings. The van der Waals surface area contributed by atoms with Gasteiger partial charge in [-0.2, -0.15) is 0 Å². The molecule has 30 heavy (non-hydrogen) atoms. The van der Waals surface area contributed by atoms with E-state index in [0.29, 0.717) is 18.5 Å². The number of nitrogens with zero attached hydrogens (tertiary/aromatic N) is 3. The predicted molar refractivity (Wildman–Crippen MR) is 102 cm³/mol. The molecule has 1 unspecified atom stereocenters. The number of hydrogen-bond donors (Lipinski definition) is 4. The number of carboxylic acid groups (broad SMARTS) is 4. The maximum atomic E-state index is 11.5. The highest BCUT2D eigenvalue weighted by atomic mass is 16.4. The highest BCUT2D eigenvalue weighted by molar-refractivity contribution is 5.87. The second-order valence-corrected chi connectivity index (χ2v) is 7.25. The second-order valence-electron chi connectivity index (χ2n) is 7.25. The minimum Gasteiger partial charge on any atom is -0.480 e. The molecule has 164 valence electrons. The fourth-order valence-electron chi connectivity index (χ4n) is 3.90. The fraction of sp³-hybridized carbons (Fsp3) is 0.526. The number of hydrogen-bond acceptors (Lipinski definition) is 7. The van der Waals surface area contributed by atoms with Crippen LogP contribution in [0.4, 0.5) is 0 Å². The predicted octanol–water partition coefficient (Wildman–Crippen LogP) is 0.449. The van der Waals surface area contributed by atoms with E-state index in [0.717, 1.165) is 12.8 Å². The van der Waals surface area contributed by atoms with Gasteiger partial charge in [-0.3, -0.25) is 29.2 Å². The van der Waals surface area contributed by atoms with Crippen LogP contribution in [0.1, 0.15) is 41.7 Å². The summed E-state index contributed by atoms with van der Waals surface area (Å²) in [5, 5.41) is 36.8. The number of aromatic carboxylic acids is 1. The first-order valence-corrected chi connectivity index (χ1v) is 9.49. The Bertz CT molecular complexity index is 766. The number of carbonyl (C=O) groups is 4. The Kier molecular flexibility index (Phi) is 8.25. The minimum atomic E-state index is -1.16. The summed E-state index contributed by atoms with van der Waals surface area (Å²) < 4.78 is 0. The van der Waals surface area contributed by atoms with Crippen molar-refractivity contribution in [1.29, 1.82) is 0 Å². The van der Waals surface area contributed by atoms with Crippen LogP contribution in [0.3, 0.4) is 0 Å². The Balaban J connectivity index is 2.28. The monoisotopic (exact) mass is 423 g/mol. The van der Waals surface area contributed by atoms with Crippen LogP contribution in [0.15, 0.2) is 18.3 Å². The van der Waals surface area contributed by atoms with Crippen LogP contribution in [0, 0.1) is 0 Å². The van der Waals surface area contributed by atoms with Gasteiger partial charge >= 0.3 is 23.9 Å². The first kappa shape index (κ1) is 23.2. The third-order valence-electron chi connectivity index (χ3n) is 5.08. The Morgan fingerprint density at radius 2 is 1.33 bits per heavy atom. The summed E-state index contributed by atoms with van der Waals surface area (Å²) in [5.74, 6) is -4.51. The zero-order valence-electron chi connectivity index (χ0n) is 16.3. The van der Waals surface area contributed by atoms with Crippen LogP contribution < -0.4 is 0 Å². The first-order valence-electron chi connectivity index (χ1n) is 9.49. The summed E-state index contributed by atoms with van der Waals surface area (Å²) in [6, 6.07) is 2.06. The fourth-order valence-corrected chi connectivity index (χ4v) is 3.90. The molecule has 0 spiro atoms. The second kappa shape index (κ2) is 10.6. The van der Waals surface area contributed by atoms with Crippen molar-refractivity contribution in [3.05, 3.63) is 29.6 Å². The third kappa shape index (κ3) is 6.78. The summed E-state index contributed by atoms with van der Waals surface area (Å²) in [4.78, 5) is 52.1. The summed E-state index contributed by atoms with van der Waals surface area (Å²) >= 11 is 0. The summed E-state index contributed by atoms with van der Waals surface area (Å²) in [5.41, 5.74) is 0.474. The Morgan fingerprint density at radius 3 is 1.77 bits per heavy atom. The van der Waals surface area contributed by atoms with Crippen LogP contribution in [0.5, 0.6) is 0 Å². The molecule has 1 aliphatic rings. The van der Waals surface area contributed by atoms with E-state index in [4.69, 9.17) is 5.11 Å². The lowest BCUT2D eigenvalue weighted by Gasteiger charge is -2.43. The standard InChI is InChI=1S/C19H25N3O8/c23-16(24)9-21(8-13-6-5-12(7-20-13)19(29)30)14-3-1-2-4-15(14)22(10-17(25)26)11-18(27)28/h5-7,14-15H,1-4,8-11H2,(H,23,24)(H,25,26)(H,27,28)(H,29,30)/t14-,15?/m0/s1. The van der Waals surface area contributed by atoms with E-state index >= 15 is 0 Å². The van der Waals surface area contributed by atoms with Crippen LogP contribution >= 0.6 is 0 Å². The van der Waals surface area contributed by atoms with E-state index in [1.54, 1.807) is 4.90 Å². The van der Waals surface area contributed by atoms with Crippen molar-refractivity contribution in [1.82, 2.24) is 14.8 Å². The van der Waals surface area contributed by atoms with Crippen molar-refractivity contribution in [2.24, 2.45) is 0 Å². The van der Waals surface area contributed by atoms with Crippen molar-refractivity contribution >= 4 is 23.9 Å². The largest absolute Gasteiger partial charge is 0.480 e. The Labute approximate surface area is 172 Å². The molecule has 0 aromatic carbocycles. The molecule has 1 aromatic heterocycles. The zero-order chi connectivity index (χ0) is 22.3. The van der Waals surface area contributed by atoms with Gasteiger partial charge in [0.15, 0.2) is 0 Å². The van der Waals surface area contributed by atoms with Gasteiger partial charge in [-0.05, 0) is 25.0 Å². The summed E-state index contributed by atoms with van der Waals surface area (Å²) in [7, 11) is 0. The van der Waals surface area contributed by atoms with Crippen LogP contribution in [0.2, 0.25) is 0 Å². The molecule has 11 heteroatoms. The van der Waals surface area contributed by atoms with Crippen molar-refractivity contribution < 1.29 is 39.6 Å². The van der Waals surface area contributed by atoms with Gasteiger partial charge < -0.3 is 20.4 Å². The summed E-state index contributed by atoms with van der Waals surface area (Å²) in [6.45, 7) is -1.14. The van der Waals surface area contributed by atoms with Gasteiger partial charge in [-0.1, -0.05) is 12.8 Å². The number of pyridine rings is 1. The molecule has 0 amide bonds. The van der Waals surface area contributed by atoms with Crippen LogP contribution in [-0.4, -0.2) is 90.8 Å². The van der Waals surface area contributed by atoms with E-state index in [1.165, 1.54) is 23.2 Å². The van der Waals surface area contributed by atoms with Crippen molar-refractivity contribution in [2.45, 2.75) is 44.3 Å². The van der Waals surface area contributed by atoms with Crippen LogP contribution in [-0.2, 0) is 20.9 Å². The Morgan fingerprint density at radius 1 is 0.833 bits per heavy atom. The van der Waals surface area contributed by atoms with Gasteiger partial charge in [0.25, 0.3) is 0 Å².